The fourth-order valence-corrected chi connectivity index (χ4v) is 2.06. The maximum absolute atomic E-state index is 11.5. The standard InChI is InChI=1S/C9H10O4/c1-11-8(10)9-6(13-9)4-2-3-5-7(9)12-5/h2,4-7H,3H2,1H3/t5-,6+,7-,9+/m0/s1. The van der Waals surface area contributed by atoms with E-state index in [1.54, 1.807) is 0 Å². The first-order valence-corrected chi connectivity index (χ1v) is 4.37. The summed E-state index contributed by atoms with van der Waals surface area (Å²) in [5, 5.41) is 0. The van der Waals surface area contributed by atoms with E-state index in [1.807, 2.05) is 12.2 Å². The summed E-state index contributed by atoms with van der Waals surface area (Å²) in [5.41, 5.74) is -0.799. The molecule has 0 spiro atoms. The Kier molecular flexibility index (Phi) is 1.24. The first kappa shape index (κ1) is 7.53. The molecule has 4 atom stereocenters. The third-order valence-electron chi connectivity index (χ3n) is 2.88. The molecule has 0 N–H and O–H groups in total. The molecular weight excluding hydrogens is 172 g/mol. The van der Waals surface area contributed by atoms with Crippen molar-refractivity contribution in [1.29, 1.82) is 0 Å². The number of carbonyl (C=O) groups excluding carboxylic acids is 1. The Bertz CT molecular complexity index is 298. The summed E-state index contributed by atoms with van der Waals surface area (Å²) in [4.78, 5) is 11.5. The molecule has 0 amide bonds. The Morgan fingerprint density at radius 1 is 1.69 bits per heavy atom. The van der Waals surface area contributed by atoms with Crippen LogP contribution >= 0.6 is 0 Å². The number of esters is 1. The monoisotopic (exact) mass is 182 g/mol. The molecule has 3 rings (SSSR count). The number of fused-ring (bicyclic) bond motifs is 3. The fraction of sp³-hybridized carbons (Fsp3) is 0.667. The van der Waals surface area contributed by atoms with Crippen molar-refractivity contribution in [3.8, 4) is 0 Å². The van der Waals surface area contributed by atoms with Gasteiger partial charge in [-0.2, -0.15) is 0 Å². The molecule has 0 aromatic carbocycles. The summed E-state index contributed by atoms with van der Waals surface area (Å²) < 4.78 is 15.4. The van der Waals surface area contributed by atoms with Gasteiger partial charge in [-0.05, 0) is 6.42 Å². The van der Waals surface area contributed by atoms with Crippen molar-refractivity contribution in [1.82, 2.24) is 0 Å². The number of rotatable bonds is 1. The van der Waals surface area contributed by atoms with Crippen molar-refractivity contribution in [3.63, 3.8) is 0 Å². The normalized spacial score (nSPS) is 50.1. The van der Waals surface area contributed by atoms with Gasteiger partial charge in [-0.3, -0.25) is 0 Å². The molecule has 0 bridgehead atoms. The smallest absolute Gasteiger partial charge is 0.344 e. The molecule has 4 nitrogen and oxygen atoms in total. The quantitative estimate of drug-likeness (QED) is 0.326. The van der Waals surface area contributed by atoms with Crippen LogP contribution in [-0.4, -0.2) is 37.0 Å². The molecule has 0 radical (unpaired) electrons. The molecule has 0 unspecified atom stereocenters. The highest BCUT2D eigenvalue weighted by molar-refractivity contribution is 5.85. The molecule has 1 aliphatic carbocycles. The lowest BCUT2D eigenvalue weighted by molar-refractivity contribution is -0.147. The third-order valence-corrected chi connectivity index (χ3v) is 2.88. The Balaban J connectivity index is 1.92. The second-order valence-electron chi connectivity index (χ2n) is 3.58. The van der Waals surface area contributed by atoms with E-state index in [0.717, 1.165) is 6.42 Å². The van der Waals surface area contributed by atoms with Gasteiger partial charge in [0.1, 0.15) is 12.2 Å². The van der Waals surface area contributed by atoms with Crippen LogP contribution in [0.1, 0.15) is 6.42 Å². The summed E-state index contributed by atoms with van der Waals surface area (Å²) >= 11 is 0. The van der Waals surface area contributed by atoms with Gasteiger partial charge in [-0.1, -0.05) is 12.2 Å². The predicted octanol–water partition coefficient (Wildman–Crippen LogP) is 0.0243. The molecule has 0 saturated carbocycles. The topological polar surface area (TPSA) is 51.4 Å². The molecule has 4 heteroatoms. The first-order chi connectivity index (χ1) is 6.29. The second kappa shape index (κ2) is 2.13. The van der Waals surface area contributed by atoms with E-state index in [1.165, 1.54) is 7.11 Å². The van der Waals surface area contributed by atoms with Crippen LogP contribution in [0.15, 0.2) is 12.2 Å². The van der Waals surface area contributed by atoms with E-state index < -0.39 is 5.60 Å². The van der Waals surface area contributed by atoms with Crippen molar-refractivity contribution in [3.05, 3.63) is 12.2 Å². The van der Waals surface area contributed by atoms with Crippen LogP contribution in [0.5, 0.6) is 0 Å². The van der Waals surface area contributed by atoms with E-state index in [4.69, 9.17) is 14.2 Å². The largest absolute Gasteiger partial charge is 0.467 e. The van der Waals surface area contributed by atoms with E-state index in [0.29, 0.717) is 0 Å². The summed E-state index contributed by atoms with van der Waals surface area (Å²) in [6.07, 6.45) is 4.75. The first-order valence-electron chi connectivity index (χ1n) is 4.37. The van der Waals surface area contributed by atoms with Gasteiger partial charge in [0.15, 0.2) is 0 Å². The SMILES string of the molecule is COC(=O)[C@@]12O[C@@H]1C=CC[C@@H]1O[C@@H]12. The highest BCUT2D eigenvalue weighted by Crippen LogP contribution is 2.53. The molecular formula is C9H10O4. The lowest BCUT2D eigenvalue weighted by Crippen LogP contribution is -2.35. The zero-order valence-electron chi connectivity index (χ0n) is 7.23. The summed E-state index contributed by atoms with van der Waals surface area (Å²) in [6, 6.07) is 0. The molecule has 2 saturated heterocycles. The predicted molar refractivity (Wildman–Crippen MR) is 42.0 cm³/mol. The molecule has 3 aliphatic rings. The summed E-state index contributed by atoms with van der Waals surface area (Å²) in [6.45, 7) is 0. The van der Waals surface area contributed by atoms with Gasteiger partial charge in [0, 0.05) is 0 Å². The van der Waals surface area contributed by atoms with Crippen LogP contribution < -0.4 is 0 Å². The van der Waals surface area contributed by atoms with Gasteiger partial charge >= 0.3 is 5.97 Å². The van der Waals surface area contributed by atoms with Crippen LogP contribution in [0, 0.1) is 0 Å². The number of hydrogen-bond acceptors (Lipinski definition) is 4. The Hall–Kier alpha value is -0.870. The minimum atomic E-state index is -0.799. The maximum atomic E-state index is 11.5. The number of ether oxygens (including phenoxy) is 3. The van der Waals surface area contributed by atoms with E-state index in [-0.39, 0.29) is 24.3 Å². The average molecular weight is 182 g/mol. The van der Waals surface area contributed by atoms with Crippen LogP contribution in [0.3, 0.4) is 0 Å². The molecule has 2 fully saturated rings. The van der Waals surface area contributed by atoms with Crippen molar-refractivity contribution in [2.75, 3.05) is 7.11 Å². The minimum absolute atomic E-state index is 0.0834. The van der Waals surface area contributed by atoms with Crippen LogP contribution in [0.4, 0.5) is 0 Å². The van der Waals surface area contributed by atoms with Gasteiger partial charge in [-0.15, -0.1) is 0 Å². The lowest BCUT2D eigenvalue weighted by Gasteiger charge is -2.05. The van der Waals surface area contributed by atoms with E-state index in [9.17, 15) is 4.79 Å². The van der Waals surface area contributed by atoms with Gasteiger partial charge < -0.3 is 14.2 Å². The Morgan fingerprint density at radius 3 is 3.31 bits per heavy atom. The van der Waals surface area contributed by atoms with Crippen molar-refractivity contribution in [2.45, 2.75) is 30.3 Å². The van der Waals surface area contributed by atoms with Crippen LogP contribution in [0.25, 0.3) is 0 Å². The van der Waals surface area contributed by atoms with Gasteiger partial charge in [0.2, 0.25) is 5.60 Å². The van der Waals surface area contributed by atoms with Gasteiger partial charge in [0.05, 0.1) is 13.2 Å². The zero-order valence-corrected chi connectivity index (χ0v) is 7.23. The molecule has 0 aromatic heterocycles. The minimum Gasteiger partial charge on any atom is -0.467 e. The fourth-order valence-electron chi connectivity index (χ4n) is 2.06. The van der Waals surface area contributed by atoms with Crippen LogP contribution in [0.2, 0.25) is 0 Å². The summed E-state index contributed by atoms with van der Waals surface area (Å²) in [7, 11) is 1.38. The highest BCUT2D eigenvalue weighted by atomic mass is 16.7. The highest BCUT2D eigenvalue weighted by Gasteiger charge is 2.75. The summed E-state index contributed by atoms with van der Waals surface area (Å²) in [5.74, 6) is -0.309. The van der Waals surface area contributed by atoms with E-state index >= 15 is 0 Å². The number of hydrogen-bond donors (Lipinski definition) is 0. The molecule has 70 valence electrons. The van der Waals surface area contributed by atoms with Crippen LogP contribution in [-0.2, 0) is 19.0 Å². The maximum Gasteiger partial charge on any atom is 0.344 e. The molecule has 2 aliphatic heterocycles. The van der Waals surface area contributed by atoms with Crippen molar-refractivity contribution >= 4 is 5.97 Å². The molecule has 2 heterocycles. The number of carbonyl (C=O) groups is 1. The van der Waals surface area contributed by atoms with Crippen molar-refractivity contribution in [2.24, 2.45) is 0 Å². The molecule has 13 heavy (non-hydrogen) atoms. The Labute approximate surface area is 75.5 Å². The lowest BCUT2D eigenvalue weighted by atomic mass is 10.0. The number of methoxy groups -OCH3 is 1. The van der Waals surface area contributed by atoms with Gasteiger partial charge in [-0.25, -0.2) is 4.79 Å². The van der Waals surface area contributed by atoms with Crippen molar-refractivity contribution < 1.29 is 19.0 Å². The van der Waals surface area contributed by atoms with E-state index in [2.05, 4.69) is 0 Å². The molecule has 0 aromatic rings. The number of epoxide rings is 2. The average Bonchev–Trinajstić information content (AvgIpc) is 2.91. The van der Waals surface area contributed by atoms with Gasteiger partial charge in [0.25, 0.3) is 0 Å². The Morgan fingerprint density at radius 2 is 2.54 bits per heavy atom. The third kappa shape index (κ3) is 0.796. The zero-order chi connectivity index (χ0) is 9.05. The second-order valence-corrected chi connectivity index (χ2v) is 3.58.